The summed E-state index contributed by atoms with van der Waals surface area (Å²) in [5.74, 6) is -0.365. The number of carbonyl (C=O) groups excluding carboxylic acids is 2. The summed E-state index contributed by atoms with van der Waals surface area (Å²) in [7, 11) is 0. The van der Waals surface area contributed by atoms with Crippen molar-refractivity contribution in [3.05, 3.63) is 95.1 Å². The molecular weight excluding hydrogens is 324 g/mol. The van der Waals surface area contributed by atoms with Crippen LogP contribution < -0.4 is 10.6 Å². The average molecular weight is 344 g/mol. The average Bonchev–Trinajstić information content (AvgIpc) is 2.64. The Bertz CT molecular complexity index is 929. The minimum atomic E-state index is -0.189. The maximum atomic E-state index is 12.3. The Balaban J connectivity index is 1.65. The van der Waals surface area contributed by atoms with Crippen LogP contribution in [0.1, 0.15) is 31.8 Å². The van der Waals surface area contributed by atoms with E-state index in [1.165, 1.54) is 0 Å². The van der Waals surface area contributed by atoms with E-state index in [-0.39, 0.29) is 11.8 Å². The quantitative estimate of drug-likeness (QED) is 0.714. The molecule has 0 fully saturated rings. The van der Waals surface area contributed by atoms with Gasteiger partial charge in [-0.1, -0.05) is 35.4 Å². The summed E-state index contributed by atoms with van der Waals surface area (Å²) in [6.07, 6.45) is 0. The van der Waals surface area contributed by atoms with E-state index in [1.807, 2.05) is 56.3 Å². The Kier molecular flexibility index (Phi) is 5.13. The zero-order valence-electron chi connectivity index (χ0n) is 14.7. The molecule has 2 N–H and O–H groups in total. The highest BCUT2D eigenvalue weighted by Crippen LogP contribution is 2.15. The second-order valence-corrected chi connectivity index (χ2v) is 6.22. The topological polar surface area (TPSA) is 58.2 Å². The van der Waals surface area contributed by atoms with Crippen LogP contribution >= 0.6 is 0 Å². The van der Waals surface area contributed by atoms with Gasteiger partial charge >= 0.3 is 0 Å². The summed E-state index contributed by atoms with van der Waals surface area (Å²) in [6, 6.07) is 21.8. The van der Waals surface area contributed by atoms with Gasteiger partial charge in [-0.25, -0.2) is 0 Å². The molecule has 3 aromatic carbocycles. The molecule has 0 aromatic heterocycles. The molecule has 0 saturated carbocycles. The van der Waals surface area contributed by atoms with Crippen molar-refractivity contribution in [2.24, 2.45) is 0 Å². The molecule has 0 unspecified atom stereocenters. The van der Waals surface area contributed by atoms with Gasteiger partial charge in [0.15, 0.2) is 0 Å². The molecule has 4 nitrogen and oxygen atoms in total. The van der Waals surface area contributed by atoms with Crippen molar-refractivity contribution in [3.63, 3.8) is 0 Å². The van der Waals surface area contributed by atoms with Gasteiger partial charge in [0.2, 0.25) is 0 Å². The lowest BCUT2D eigenvalue weighted by Gasteiger charge is -2.08. The highest BCUT2D eigenvalue weighted by molar-refractivity contribution is 6.06. The lowest BCUT2D eigenvalue weighted by atomic mass is 10.1. The fourth-order valence-electron chi connectivity index (χ4n) is 2.53. The molecule has 3 rings (SSSR count). The molecule has 0 aliphatic heterocycles. The largest absolute Gasteiger partial charge is 0.322 e. The van der Waals surface area contributed by atoms with Gasteiger partial charge in [-0.2, -0.15) is 0 Å². The maximum absolute atomic E-state index is 12.3. The number of hydrogen-bond acceptors (Lipinski definition) is 2. The van der Waals surface area contributed by atoms with Gasteiger partial charge in [0.25, 0.3) is 11.8 Å². The Morgan fingerprint density at radius 2 is 1.15 bits per heavy atom. The van der Waals surface area contributed by atoms with Crippen molar-refractivity contribution in [1.29, 1.82) is 0 Å². The van der Waals surface area contributed by atoms with Gasteiger partial charge in [-0.05, 0) is 62.4 Å². The van der Waals surface area contributed by atoms with E-state index in [9.17, 15) is 9.59 Å². The molecule has 0 spiro atoms. The Hall–Kier alpha value is -3.40. The number of benzene rings is 3. The van der Waals surface area contributed by atoms with E-state index < -0.39 is 0 Å². The summed E-state index contributed by atoms with van der Waals surface area (Å²) < 4.78 is 0. The van der Waals surface area contributed by atoms with E-state index in [4.69, 9.17) is 0 Å². The molecule has 0 saturated heterocycles. The molecule has 0 bridgehead atoms. The maximum Gasteiger partial charge on any atom is 0.255 e. The zero-order chi connectivity index (χ0) is 18.5. The van der Waals surface area contributed by atoms with Gasteiger partial charge in [-0.15, -0.1) is 0 Å². The van der Waals surface area contributed by atoms with Crippen LogP contribution in [0.2, 0.25) is 0 Å². The van der Waals surface area contributed by atoms with Crippen molar-refractivity contribution >= 4 is 23.2 Å². The number of rotatable bonds is 4. The summed E-state index contributed by atoms with van der Waals surface area (Å²) >= 11 is 0. The van der Waals surface area contributed by atoms with Gasteiger partial charge < -0.3 is 10.6 Å². The van der Waals surface area contributed by atoms with Crippen LogP contribution in [0, 0.1) is 13.8 Å². The first-order chi connectivity index (χ1) is 12.5. The molecule has 0 aliphatic rings. The van der Waals surface area contributed by atoms with E-state index >= 15 is 0 Å². The normalized spacial score (nSPS) is 10.2. The summed E-state index contributed by atoms with van der Waals surface area (Å²) in [4.78, 5) is 24.6. The molecular formula is C22H20N2O2. The first-order valence-corrected chi connectivity index (χ1v) is 8.37. The molecule has 26 heavy (non-hydrogen) atoms. The number of nitrogens with one attached hydrogen (secondary N) is 2. The van der Waals surface area contributed by atoms with E-state index in [0.29, 0.717) is 16.8 Å². The second-order valence-electron chi connectivity index (χ2n) is 6.22. The van der Waals surface area contributed by atoms with Crippen LogP contribution in [-0.2, 0) is 0 Å². The van der Waals surface area contributed by atoms with Crippen LogP contribution in [0.4, 0.5) is 11.4 Å². The van der Waals surface area contributed by atoms with E-state index in [2.05, 4.69) is 10.6 Å². The third-order valence-electron chi connectivity index (χ3n) is 3.99. The molecule has 0 atom stereocenters. The fourth-order valence-corrected chi connectivity index (χ4v) is 2.53. The second kappa shape index (κ2) is 7.66. The lowest BCUT2D eigenvalue weighted by Crippen LogP contribution is -2.13. The van der Waals surface area contributed by atoms with Crippen LogP contribution in [0.3, 0.4) is 0 Å². The number of anilines is 2. The highest BCUT2D eigenvalue weighted by Gasteiger charge is 2.09. The molecule has 3 aromatic rings. The first-order valence-electron chi connectivity index (χ1n) is 8.37. The van der Waals surface area contributed by atoms with Crippen molar-refractivity contribution in [2.45, 2.75) is 13.8 Å². The van der Waals surface area contributed by atoms with E-state index in [1.54, 1.807) is 30.3 Å². The molecule has 130 valence electrons. The molecule has 4 heteroatoms. The molecule has 0 aliphatic carbocycles. The third kappa shape index (κ3) is 4.36. The van der Waals surface area contributed by atoms with E-state index in [0.717, 1.165) is 16.8 Å². The number of amides is 2. The van der Waals surface area contributed by atoms with Crippen LogP contribution in [0.15, 0.2) is 72.8 Å². The smallest absolute Gasteiger partial charge is 0.255 e. The predicted molar refractivity (Wildman–Crippen MR) is 105 cm³/mol. The van der Waals surface area contributed by atoms with Gasteiger partial charge in [-0.3, -0.25) is 9.59 Å². The van der Waals surface area contributed by atoms with Crippen LogP contribution in [0.5, 0.6) is 0 Å². The van der Waals surface area contributed by atoms with Crippen molar-refractivity contribution in [1.82, 2.24) is 0 Å². The third-order valence-corrected chi connectivity index (χ3v) is 3.99. The number of hydrogen-bond donors (Lipinski definition) is 2. The number of aryl methyl sites for hydroxylation is 2. The van der Waals surface area contributed by atoms with Crippen molar-refractivity contribution in [3.8, 4) is 0 Å². The Labute approximate surface area is 152 Å². The summed E-state index contributed by atoms with van der Waals surface area (Å²) in [5, 5.41) is 5.69. The summed E-state index contributed by atoms with van der Waals surface area (Å²) in [5.41, 5.74) is 4.68. The SMILES string of the molecule is Cc1ccc(NC(=O)c2ccc(NC(=O)c3cccc(C)c3)cc2)cc1. The van der Waals surface area contributed by atoms with Crippen molar-refractivity contribution in [2.75, 3.05) is 10.6 Å². The lowest BCUT2D eigenvalue weighted by molar-refractivity contribution is 0.102. The number of carbonyl (C=O) groups is 2. The minimum Gasteiger partial charge on any atom is -0.322 e. The van der Waals surface area contributed by atoms with Crippen LogP contribution in [0.25, 0.3) is 0 Å². The standard InChI is InChI=1S/C22H20N2O2/c1-15-6-10-19(11-7-15)23-21(25)17-8-12-20(13-9-17)24-22(26)18-5-3-4-16(2)14-18/h3-14H,1-2H3,(H,23,25)(H,24,26). The first kappa shape index (κ1) is 17.4. The van der Waals surface area contributed by atoms with Gasteiger partial charge in [0.05, 0.1) is 0 Å². The summed E-state index contributed by atoms with van der Waals surface area (Å²) in [6.45, 7) is 3.94. The molecule has 0 radical (unpaired) electrons. The highest BCUT2D eigenvalue weighted by atomic mass is 16.2. The Morgan fingerprint density at radius 1 is 0.615 bits per heavy atom. The minimum absolute atomic E-state index is 0.175. The predicted octanol–water partition coefficient (Wildman–Crippen LogP) is 4.81. The molecule has 2 amide bonds. The van der Waals surface area contributed by atoms with Crippen molar-refractivity contribution < 1.29 is 9.59 Å². The van der Waals surface area contributed by atoms with Gasteiger partial charge in [0, 0.05) is 22.5 Å². The van der Waals surface area contributed by atoms with Gasteiger partial charge in [0.1, 0.15) is 0 Å². The Morgan fingerprint density at radius 3 is 1.73 bits per heavy atom. The zero-order valence-corrected chi connectivity index (χ0v) is 14.7. The monoisotopic (exact) mass is 344 g/mol. The fraction of sp³-hybridized carbons (Fsp3) is 0.0909. The van der Waals surface area contributed by atoms with Crippen LogP contribution in [-0.4, -0.2) is 11.8 Å². The molecule has 0 heterocycles.